The number of hydrogen-bond acceptors (Lipinski definition) is 2. The molecule has 1 aromatic carbocycles. The molecule has 0 aliphatic carbocycles. The Balaban J connectivity index is 2.73. The Hall–Kier alpha value is -1.06. The quantitative estimate of drug-likeness (QED) is 0.728. The third-order valence-electron chi connectivity index (χ3n) is 1.74. The van der Waals surface area contributed by atoms with Crippen LogP contribution >= 0.6 is 11.6 Å². The first-order valence-electron chi connectivity index (χ1n) is 3.53. The summed E-state index contributed by atoms with van der Waals surface area (Å²) in [6.07, 6.45) is 1.68. The van der Waals surface area contributed by atoms with Gasteiger partial charge in [-0.15, -0.1) is 0 Å². The van der Waals surface area contributed by atoms with Crippen molar-refractivity contribution in [2.24, 2.45) is 0 Å². The lowest BCUT2D eigenvalue weighted by molar-refractivity contribution is 0.200. The van der Waals surface area contributed by atoms with Crippen LogP contribution < -0.4 is 0 Å². The molecule has 62 valence electrons. The minimum absolute atomic E-state index is 0.106. The van der Waals surface area contributed by atoms with E-state index in [9.17, 15) is 0 Å². The van der Waals surface area contributed by atoms with Crippen molar-refractivity contribution in [3.05, 3.63) is 29.4 Å². The molecule has 12 heavy (non-hydrogen) atoms. The van der Waals surface area contributed by atoms with Gasteiger partial charge in [0.15, 0.2) is 0 Å². The fraction of sp³-hybridized carbons (Fsp3) is 0.125. The van der Waals surface area contributed by atoms with Gasteiger partial charge < -0.3 is 5.11 Å². The molecular formula is C8H7ClN2O. The highest BCUT2D eigenvalue weighted by molar-refractivity contribution is 6.31. The lowest BCUT2D eigenvalue weighted by Crippen LogP contribution is -1.97. The van der Waals surface area contributed by atoms with Crippen LogP contribution in [0.3, 0.4) is 0 Å². The average molecular weight is 183 g/mol. The van der Waals surface area contributed by atoms with Crippen LogP contribution in [0.1, 0.15) is 0 Å². The second kappa shape index (κ2) is 2.77. The zero-order valence-corrected chi connectivity index (χ0v) is 6.99. The summed E-state index contributed by atoms with van der Waals surface area (Å²) in [7, 11) is 0. The molecule has 4 heteroatoms. The zero-order chi connectivity index (χ0) is 8.55. The van der Waals surface area contributed by atoms with Crippen molar-refractivity contribution in [1.29, 1.82) is 0 Å². The van der Waals surface area contributed by atoms with Crippen molar-refractivity contribution in [3.8, 4) is 0 Å². The van der Waals surface area contributed by atoms with Crippen LogP contribution in [0.5, 0.6) is 0 Å². The first kappa shape index (κ1) is 7.58. The number of aromatic nitrogens is 2. The highest BCUT2D eigenvalue weighted by Crippen LogP contribution is 2.18. The molecule has 3 nitrogen and oxygen atoms in total. The predicted molar refractivity (Wildman–Crippen MR) is 47.0 cm³/mol. The molecule has 0 unspecified atom stereocenters. The maximum atomic E-state index is 8.86. The lowest BCUT2D eigenvalue weighted by Gasteiger charge is -1.96. The molecule has 2 aromatic rings. The van der Waals surface area contributed by atoms with Gasteiger partial charge in [0.2, 0.25) is 0 Å². The minimum Gasteiger partial charge on any atom is -0.374 e. The van der Waals surface area contributed by atoms with E-state index in [1.165, 1.54) is 4.68 Å². The van der Waals surface area contributed by atoms with Gasteiger partial charge >= 0.3 is 0 Å². The van der Waals surface area contributed by atoms with Crippen molar-refractivity contribution >= 4 is 22.5 Å². The van der Waals surface area contributed by atoms with Crippen LogP contribution in [0.25, 0.3) is 10.9 Å². The molecule has 0 bridgehead atoms. The second-order valence-corrected chi connectivity index (χ2v) is 2.93. The standard InChI is InChI=1S/C8H7ClN2O/c9-7-1-2-8-6(3-7)4-10-11(8)5-12/h1-4,12H,5H2. The van der Waals surface area contributed by atoms with Crippen molar-refractivity contribution < 1.29 is 5.11 Å². The molecule has 1 N–H and O–H groups in total. The van der Waals surface area contributed by atoms with Gasteiger partial charge in [-0.1, -0.05) is 11.6 Å². The van der Waals surface area contributed by atoms with Gasteiger partial charge in [0.05, 0.1) is 11.7 Å². The number of aliphatic hydroxyl groups is 1. The molecule has 1 aromatic heterocycles. The summed E-state index contributed by atoms with van der Waals surface area (Å²) < 4.78 is 1.51. The van der Waals surface area contributed by atoms with Crippen LogP contribution in [0.2, 0.25) is 5.02 Å². The summed E-state index contributed by atoms with van der Waals surface area (Å²) in [4.78, 5) is 0. The van der Waals surface area contributed by atoms with Crippen LogP contribution in [0, 0.1) is 0 Å². The van der Waals surface area contributed by atoms with E-state index in [-0.39, 0.29) is 6.73 Å². The maximum absolute atomic E-state index is 8.86. The van der Waals surface area contributed by atoms with E-state index in [0.717, 1.165) is 10.9 Å². The van der Waals surface area contributed by atoms with Gasteiger partial charge in [-0.25, -0.2) is 4.68 Å². The number of rotatable bonds is 1. The fourth-order valence-electron chi connectivity index (χ4n) is 1.17. The van der Waals surface area contributed by atoms with E-state index in [2.05, 4.69) is 5.10 Å². The van der Waals surface area contributed by atoms with Crippen LogP contribution in [-0.4, -0.2) is 14.9 Å². The molecule has 0 spiro atoms. The molecule has 0 saturated heterocycles. The fourth-order valence-corrected chi connectivity index (χ4v) is 1.35. The lowest BCUT2D eigenvalue weighted by atomic mass is 10.3. The van der Waals surface area contributed by atoms with E-state index < -0.39 is 0 Å². The Kier molecular flexibility index (Phi) is 1.75. The molecule has 0 radical (unpaired) electrons. The molecule has 2 rings (SSSR count). The van der Waals surface area contributed by atoms with Gasteiger partial charge in [0.25, 0.3) is 0 Å². The highest BCUT2D eigenvalue weighted by Gasteiger charge is 2.00. The van der Waals surface area contributed by atoms with E-state index >= 15 is 0 Å². The Labute approximate surface area is 74.2 Å². The summed E-state index contributed by atoms with van der Waals surface area (Å²) in [6.45, 7) is -0.106. The average Bonchev–Trinajstić information content (AvgIpc) is 2.46. The SMILES string of the molecule is OCn1ncc2cc(Cl)ccc21. The molecule has 1 heterocycles. The molecular weight excluding hydrogens is 176 g/mol. The molecule has 0 aliphatic heterocycles. The molecule has 0 fully saturated rings. The molecule has 0 saturated carbocycles. The Bertz CT molecular complexity index is 410. The zero-order valence-electron chi connectivity index (χ0n) is 6.24. The number of benzene rings is 1. The maximum Gasteiger partial charge on any atom is 0.136 e. The summed E-state index contributed by atoms with van der Waals surface area (Å²) in [6, 6.07) is 5.43. The highest BCUT2D eigenvalue weighted by atomic mass is 35.5. The monoisotopic (exact) mass is 182 g/mol. The smallest absolute Gasteiger partial charge is 0.136 e. The summed E-state index contributed by atoms with van der Waals surface area (Å²) in [5.41, 5.74) is 0.891. The Morgan fingerprint density at radius 1 is 1.50 bits per heavy atom. The number of halogens is 1. The Morgan fingerprint density at radius 2 is 2.33 bits per heavy atom. The van der Waals surface area contributed by atoms with Crippen LogP contribution in [-0.2, 0) is 6.73 Å². The molecule has 0 amide bonds. The number of fused-ring (bicyclic) bond motifs is 1. The van der Waals surface area contributed by atoms with Crippen molar-refractivity contribution in [2.75, 3.05) is 0 Å². The van der Waals surface area contributed by atoms with Crippen molar-refractivity contribution in [3.63, 3.8) is 0 Å². The van der Waals surface area contributed by atoms with Gasteiger partial charge in [-0.05, 0) is 18.2 Å². The summed E-state index contributed by atoms with van der Waals surface area (Å²) in [5, 5.41) is 14.4. The number of nitrogens with zero attached hydrogens (tertiary/aromatic N) is 2. The third-order valence-corrected chi connectivity index (χ3v) is 1.97. The first-order valence-corrected chi connectivity index (χ1v) is 3.91. The Morgan fingerprint density at radius 3 is 3.08 bits per heavy atom. The van der Waals surface area contributed by atoms with Gasteiger partial charge in [0.1, 0.15) is 6.73 Å². The summed E-state index contributed by atoms with van der Waals surface area (Å²) >= 11 is 5.77. The molecule has 0 atom stereocenters. The normalized spacial score (nSPS) is 10.8. The molecule has 0 aliphatic rings. The second-order valence-electron chi connectivity index (χ2n) is 2.49. The van der Waals surface area contributed by atoms with Gasteiger partial charge in [-0.3, -0.25) is 0 Å². The van der Waals surface area contributed by atoms with Crippen LogP contribution in [0.15, 0.2) is 24.4 Å². The number of aliphatic hydroxyl groups excluding tert-OH is 1. The van der Waals surface area contributed by atoms with E-state index in [1.807, 2.05) is 12.1 Å². The van der Waals surface area contributed by atoms with Gasteiger partial charge in [-0.2, -0.15) is 5.10 Å². The van der Waals surface area contributed by atoms with Crippen LogP contribution in [0.4, 0.5) is 0 Å². The first-order chi connectivity index (χ1) is 5.81. The minimum atomic E-state index is -0.106. The van der Waals surface area contributed by atoms with E-state index in [0.29, 0.717) is 5.02 Å². The third kappa shape index (κ3) is 1.07. The van der Waals surface area contributed by atoms with Crippen molar-refractivity contribution in [1.82, 2.24) is 9.78 Å². The topological polar surface area (TPSA) is 38.0 Å². The van der Waals surface area contributed by atoms with Crippen molar-refractivity contribution in [2.45, 2.75) is 6.73 Å². The van der Waals surface area contributed by atoms with E-state index in [4.69, 9.17) is 16.7 Å². The number of hydrogen-bond donors (Lipinski definition) is 1. The summed E-state index contributed by atoms with van der Waals surface area (Å²) in [5.74, 6) is 0. The van der Waals surface area contributed by atoms with Gasteiger partial charge in [0, 0.05) is 10.4 Å². The van der Waals surface area contributed by atoms with E-state index in [1.54, 1.807) is 12.3 Å². The largest absolute Gasteiger partial charge is 0.374 e. The predicted octanol–water partition coefficient (Wildman–Crippen LogP) is 1.64.